The van der Waals surface area contributed by atoms with Crippen LogP contribution >= 0.6 is 0 Å². The van der Waals surface area contributed by atoms with Gasteiger partial charge >= 0.3 is 6.18 Å². The summed E-state index contributed by atoms with van der Waals surface area (Å²) in [4.78, 5) is 0. The van der Waals surface area contributed by atoms with Crippen molar-refractivity contribution in [2.45, 2.75) is 19.0 Å². The summed E-state index contributed by atoms with van der Waals surface area (Å²) in [6.45, 7) is 0. The van der Waals surface area contributed by atoms with E-state index in [9.17, 15) is 13.2 Å². The summed E-state index contributed by atoms with van der Waals surface area (Å²) >= 11 is 0. The molecule has 0 unspecified atom stereocenters. The first-order chi connectivity index (χ1) is 14.0. The molecule has 0 aliphatic rings. The lowest BCUT2D eigenvalue weighted by atomic mass is 10.0. The molecule has 0 bridgehead atoms. The molecular formula is C24H21F3O2. The summed E-state index contributed by atoms with van der Waals surface area (Å²) in [5.41, 5.74) is 0.391. The number of halogens is 3. The van der Waals surface area contributed by atoms with Crippen LogP contribution in [0, 0.1) is 0 Å². The van der Waals surface area contributed by atoms with Crippen molar-refractivity contribution in [1.29, 1.82) is 0 Å². The number of methoxy groups -OCH3 is 1. The second kappa shape index (κ2) is 9.32. The minimum Gasteiger partial charge on any atom is -0.497 e. The largest absolute Gasteiger partial charge is 0.497 e. The van der Waals surface area contributed by atoms with Crippen molar-refractivity contribution in [1.82, 2.24) is 0 Å². The molecule has 150 valence electrons. The van der Waals surface area contributed by atoms with Gasteiger partial charge in [0.05, 0.1) is 12.7 Å². The standard InChI is InChI=1S/C24H21F3O2/c1-28-20-15-13-19(14-16-20)23(24(25,26)27)12-6-8-18-7-5-11-22(17-18)29-21-9-3-2-4-10-21/h2-5,7,9-17H,6,8H2,1H3/b23-12+. The Bertz CT molecular complexity index is 946. The smallest absolute Gasteiger partial charge is 0.416 e. The fraction of sp³-hybridized carbons (Fsp3) is 0.167. The summed E-state index contributed by atoms with van der Waals surface area (Å²) in [6.07, 6.45) is -2.45. The average molecular weight is 398 g/mol. The Morgan fingerprint density at radius 1 is 0.828 bits per heavy atom. The van der Waals surface area contributed by atoms with E-state index in [1.54, 1.807) is 0 Å². The van der Waals surface area contributed by atoms with Crippen LogP contribution in [0.4, 0.5) is 13.2 Å². The second-order valence-electron chi connectivity index (χ2n) is 6.45. The van der Waals surface area contributed by atoms with E-state index in [1.807, 2.05) is 54.6 Å². The molecule has 0 amide bonds. The molecule has 0 N–H and O–H groups in total. The van der Waals surface area contributed by atoms with E-state index in [0.29, 0.717) is 23.7 Å². The molecule has 0 heterocycles. The maximum Gasteiger partial charge on any atom is 0.416 e. The van der Waals surface area contributed by atoms with E-state index >= 15 is 0 Å². The zero-order valence-corrected chi connectivity index (χ0v) is 15.9. The number of hydrogen-bond acceptors (Lipinski definition) is 2. The molecule has 0 radical (unpaired) electrons. The van der Waals surface area contributed by atoms with Crippen LogP contribution in [0.5, 0.6) is 17.2 Å². The molecule has 29 heavy (non-hydrogen) atoms. The van der Waals surface area contributed by atoms with E-state index in [2.05, 4.69) is 0 Å². The van der Waals surface area contributed by atoms with Crippen LogP contribution in [0.2, 0.25) is 0 Å². The van der Waals surface area contributed by atoms with Crippen molar-refractivity contribution >= 4 is 5.57 Å². The predicted molar refractivity (Wildman–Crippen MR) is 108 cm³/mol. The molecule has 0 aliphatic carbocycles. The van der Waals surface area contributed by atoms with Gasteiger partial charge in [-0.3, -0.25) is 0 Å². The highest BCUT2D eigenvalue weighted by Gasteiger charge is 2.34. The Morgan fingerprint density at radius 2 is 1.52 bits per heavy atom. The van der Waals surface area contributed by atoms with Gasteiger partial charge in [-0.1, -0.05) is 48.5 Å². The van der Waals surface area contributed by atoms with Gasteiger partial charge in [0.15, 0.2) is 0 Å². The van der Waals surface area contributed by atoms with E-state index in [4.69, 9.17) is 9.47 Å². The van der Waals surface area contributed by atoms with Crippen molar-refractivity contribution in [2.75, 3.05) is 7.11 Å². The number of alkyl halides is 3. The van der Waals surface area contributed by atoms with Gasteiger partial charge in [-0.15, -0.1) is 0 Å². The Labute approximate surface area is 168 Å². The lowest BCUT2D eigenvalue weighted by Gasteiger charge is -2.13. The van der Waals surface area contributed by atoms with E-state index in [1.165, 1.54) is 37.5 Å². The molecule has 3 aromatic rings. The van der Waals surface area contributed by atoms with Crippen LogP contribution in [-0.2, 0) is 6.42 Å². The Balaban J connectivity index is 1.71. The SMILES string of the molecule is COc1ccc(/C(=C\CCc2cccc(Oc3ccccc3)c2)C(F)(F)F)cc1. The number of para-hydroxylation sites is 1. The molecule has 3 rings (SSSR count). The van der Waals surface area contributed by atoms with Crippen molar-refractivity contribution in [3.8, 4) is 17.2 Å². The van der Waals surface area contributed by atoms with Crippen molar-refractivity contribution in [3.63, 3.8) is 0 Å². The summed E-state index contributed by atoms with van der Waals surface area (Å²) in [5.74, 6) is 1.89. The third kappa shape index (κ3) is 5.88. The van der Waals surface area contributed by atoms with Crippen LogP contribution < -0.4 is 9.47 Å². The Morgan fingerprint density at radius 3 is 2.17 bits per heavy atom. The minimum absolute atomic E-state index is 0.125. The second-order valence-corrected chi connectivity index (χ2v) is 6.45. The molecule has 0 atom stereocenters. The van der Waals surface area contributed by atoms with Gasteiger partial charge in [-0.2, -0.15) is 13.2 Å². The molecule has 0 fully saturated rings. The normalized spacial score (nSPS) is 11.9. The van der Waals surface area contributed by atoms with Crippen LogP contribution in [0.1, 0.15) is 17.5 Å². The molecule has 0 aliphatic heterocycles. The van der Waals surface area contributed by atoms with Gasteiger partial charge in [0.2, 0.25) is 0 Å². The third-order valence-electron chi connectivity index (χ3n) is 4.37. The van der Waals surface area contributed by atoms with Gasteiger partial charge in [0, 0.05) is 0 Å². The first-order valence-corrected chi connectivity index (χ1v) is 9.19. The monoisotopic (exact) mass is 398 g/mol. The van der Waals surface area contributed by atoms with Gasteiger partial charge in [0.1, 0.15) is 17.2 Å². The highest BCUT2D eigenvalue weighted by molar-refractivity contribution is 5.70. The van der Waals surface area contributed by atoms with Crippen molar-refractivity contribution in [2.24, 2.45) is 0 Å². The van der Waals surface area contributed by atoms with Gasteiger partial charge in [-0.05, 0) is 60.4 Å². The first kappa shape index (κ1) is 20.5. The molecule has 2 nitrogen and oxygen atoms in total. The molecular weight excluding hydrogens is 377 g/mol. The van der Waals surface area contributed by atoms with E-state index < -0.39 is 11.7 Å². The van der Waals surface area contributed by atoms with Gasteiger partial charge < -0.3 is 9.47 Å². The predicted octanol–water partition coefficient (Wildman–Crippen LogP) is 7.07. The summed E-state index contributed by atoms with van der Waals surface area (Å²) < 4.78 is 51.3. The van der Waals surface area contributed by atoms with Gasteiger partial charge in [-0.25, -0.2) is 0 Å². The maximum atomic E-state index is 13.5. The zero-order chi connectivity index (χ0) is 20.7. The maximum absolute atomic E-state index is 13.5. The topological polar surface area (TPSA) is 18.5 Å². The Kier molecular flexibility index (Phi) is 6.60. The summed E-state index contributed by atoms with van der Waals surface area (Å²) in [5, 5.41) is 0. The molecule has 5 heteroatoms. The highest BCUT2D eigenvalue weighted by atomic mass is 19.4. The fourth-order valence-corrected chi connectivity index (χ4v) is 2.94. The lowest BCUT2D eigenvalue weighted by molar-refractivity contribution is -0.0690. The minimum atomic E-state index is -4.42. The molecule has 3 aromatic carbocycles. The number of ether oxygens (including phenoxy) is 2. The summed E-state index contributed by atoms with van der Waals surface area (Å²) in [6, 6.07) is 22.6. The molecule has 0 spiro atoms. The van der Waals surface area contributed by atoms with Crippen LogP contribution in [0.15, 0.2) is 84.9 Å². The van der Waals surface area contributed by atoms with Gasteiger partial charge in [0.25, 0.3) is 0 Å². The van der Waals surface area contributed by atoms with E-state index in [-0.39, 0.29) is 12.0 Å². The number of hydrogen-bond donors (Lipinski definition) is 0. The molecule has 0 saturated heterocycles. The van der Waals surface area contributed by atoms with Crippen molar-refractivity contribution in [3.05, 3.63) is 96.1 Å². The van der Waals surface area contributed by atoms with Crippen LogP contribution in [-0.4, -0.2) is 13.3 Å². The molecule has 0 saturated carbocycles. The quantitative estimate of drug-likeness (QED) is 0.424. The third-order valence-corrected chi connectivity index (χ3v) is 4.37. The highest BCUT2D eigenvalue weighted by Crippen LogP contribution is 2.35. The Hall–Kier alpha value is -3.21. The average Bonchev–Trinajstić information content (AvgIpc) is 2.71. The fourth-order valence-electron chi connectivity index (χ4n) is 2.94. The zero-order valence-electron chi connectivity index (χ0n) is 15.9. The molecule has 0 aromatic heterocycles. The van der Waals surface area contributed by atoms with Crippen molar-refractivity contribution < 1.29 is 22.6 Å². The summed E-state index contributed by atoms with van der Waals surface area (Å²) in [7, 11) is 1.48. The van der Waals surface area contributed by atoms with E-state index in [0.717, 1.165) is 5.56 Å². The number of rotatable bonds is 7. The van der Waals surface area contributed by atoms with Crippen LogP contribution in [0.25, 0.3) is 5.57 Å². The first-order valence-electron chi connectivity index (χ1n) is 9.19. The number of aryl methyl sites for hydroxylation is 1. The number of allylic oxidation sites excluding steroid dienone is 2. The lowest BCUT2D eigenvalue weighted by Crippen LogP contribution is -2.11. The van der Waals surface area contributed by atoms with Crippen LogP contribution in [0.3, 0.4) is 0 Å². The number of benzene rings is 3.